The normalized spacial score (nSPS) is 12.8. The maximum atomic E-state index is 12.7. The van der Waals surface area contributed by atoms with Gasteiger partial charge < -0.3 is 5.32 Å². The van der Waals surface area contributed by atoms with Crippen LogP contribution in [0.2, 0.25) is 0 Å². The highest BCUT2D eigenvalue weighted by Crippen LogP contribution is 2.22. The van der Waals surface area contributed by atoms with Crippen molar-refractivity contribution >= 4 is 27.3 Å². The molecule has 0 saturated heterocycles. The maximum absolute atomic E-state index is 12.7. The first-order valence-electron chi connectivity index (χ1n) is 9.09. The fourth-order valence-electron chi connectivity index (χ4n) is 2.96. The summed E-state index contributed by atoms with van der Waals surface area (Å²) < 4.78 is 24.3. The van der Waals surface area contributed by atoms with Crippen LogP contribution in [0.15, 0.2) is 52.2 Å². The van der Waals surface area contributed by atoms with Crippen LogP contribution in [-0.4, -0.2) is 35.9 Å². The minimum atomic E-state index is -3.75. The number of hydrogen-bond acceptors (Lipinski definition) is 6. The number of carbonyl (C=O) groups is 1. The third kappa shape index (κ3) is 5.28. The second kappa shape index (κ2) is 8.85. The number of primary sulfonamides is 1. The first-order chi connectivity index (χ1) is 13.8. The predicted molar refractivity (Wildman–Crippen MR) is 112 cm³/mol. The van der Waals surface area contributed by atoms with Gasteiger partial charge in [-0.1, -0.05) is 31.2 Å². The number of carbonyl (C=O) groups excluding carboxylic acids is 1. The zero-order valence-corrected chi connectivity index (χ0v) is 17.8. The number of aromatic nitrogens is 3. The number of rotatable bonds is 8. The Bertz CT molecular complexity index is 1060. The van der Waals surface area contributed by atoms with Gasteiger partial charge in [-0.25, -0.2) is 18.2 Å². The molecule has 0 fully saturated rings. The second-order valence-electron chi connectivity index (χ2n) is 7.01. The molecule has 0 saturated carbocycles. The highest BCUT2D eigenvalue weighted by atomic mass is 32.2. The van der Waals surface area contributed by atoms with E-state index in [1.54, 1.807) is 34.3 Å². The van der Waals surface area contributed by atoms with Crippen LogP contribution in [-0.2, 0) is 21.2 Å². The van der Waals surface area contributed by atoms with E-state index in [0.717, 1.165) is 6.42 Å². The van der Waals surface area contributed by atoms with Gasteiger partial charge in [-0.3, -0.25) is 4.79 Å². The first-order valence-corrected chi connectivity index (χ1v) is 11.6. The van der Waals surface area contributed by atoms with Gasteiger partial charge in [0.05, 0.1) is 11.1 Å². The van der Waals surface area contributed by atoms with Crippen LogP contribution in [0.4, 0.5) is 0 Å². The van der Waals surface area contributed by atoms with Crippen LogP contribution < -0.4 is 10.5 Å². The third-order valence-electron chi connectivity index (χ3n) is 4.47. The van der Waals surface area contributed by atoms with Crippen LogP contribution in [0.1, 0.15) is 25.5 Å². The summed E-state index contributed by atoms with van der Waals surface area (Å²) in [4.78, 5) is 12.8. The van der Waals surface area contributed by atoms with Gasteiger partial charge in [-0.05, 0) is 46.9 Å². The quantitative estimate of drug-likeness (QED) is 0.564. The van der Waals surface area contributed by atoms with Gasteiger partial charge in [-0.15, -0.1) is 5.10 Å². The van der Waals surface area contributed by atoms with Crippen molar-refractivity contribution in [3.05, 3.63) is 52.9 Å². The number of nitrogens with zero attached hydrogens (tertiary/aromatic N) is 3. The number of thiophene rings is 1. The van der Waals surface area contributed by atoms with Gasteiger partial charge in [-0.2, -0.15) is 11.3 Å². The summed E-state index contributed by atoms with van der Waals surface area (Å²) in [7, 11) is -3.75. The van der Waals surface area contributed by atoms with E-state index >= 15 is 0 Å². The van der Waals surface area contributed by atoms with Crippen LogP contribution in [0.25, 0.3) is 11.3 Å². The summed E-state index contributed by atoms with van der Waals surface area (Å²) in [5.41, 5.74) is 2.43. The summed E-state index contributed by atoms with van der Waals surface area (Å²) in [6.07, 6.45) is 2.47. The molecular formula is C19H23N5O3S2. The van der Waals surface area contributed by atoms with E-state index in [4.69, 9.17) is 5.14 Å². The molecule has 3 rings (SSSR count). The lowest BCUT2D eigenvalue weighted by Gasteiger charge is -2.20. The van der Waals surface area contributed by atoms with E-state index in [-0.39, 0.29) is 16.7 Å². The van der Waals surface area contributed by atoms with Crippen molar-refractivity contribution in [3.63, 3.8) is 0 Å². The molecule has 3 N–H and O–H groups in total. The molecule has 0 aliphatic rings. The molecule has 8 nitrogen and oxygen atoms in total. The molecule has 1 aromatic carbocycles. The van der Waals surface area contributed by atoms with Crippen molar-refractivity contribution in [3.8, 4) is 11.3 Å². The van der Waals surface area contributed by atoms with E-state index in [0.29, 0.717) is 17.8 Å². The second-order valence-corrected chi connectivity index (χ2v) is 9.36. The van der Waals surface area contributed by atoms with E-state index in [2.05, 4.69) is 21.0 Å². The fraction of sp³-hybridized carbons (Fsp3) is 0.316. The summed E-state index contributed by atoms with van der Waals surface area (Å²) in [6.45, 7) is 4.45. The molecule has 0 aliphatic carbocycles. The molecule has 0 radical (unpaired) electrons. The Kier molecular flexibility index (Phi) is 6.46. The SMILES string of the molecule is CC(C)C(C(=O)NCCc1ccsc1)n1cc(-c2ccc(S(N)(=O)=O)cc2)nn1. The Morgan fingerprint density at radius 2 is 1.97 bits per heavy atom. The summed E-state index contributed by atoms with van der Waals surface area (Å²) in [5, 5.41) is 20.4. The van der Waals surface area contributed by atoms with Gasteiger partial charge in [0.15, 0.2) is 0 Å². The molecule has 29 heavy (non-hydrogen) atoms. The van der Waals surface area contributed by atoms with E-state index in [9.17, 15) is 13.2 Å². The lowest BCUT2D eigenvalue weighted by atomic mass is 10.0. The van der Waals surface area contributed by atoms with E-state index in [1.807, 2.05) is 25.3 Å². The molecule has 1 atom stereocenters. The number of benzene rings is 1. The highest BCUT2D eigenvalue weighted by molar-refractivity contribution is 7.89. The number of amides is 1. The standard InChI is InChI=1S/C19H23N5O3S2/c1-13(2)18(19(25)21-9-7-14-8-10-28-12-14)24-11-17(22-23-24)15-3-5-16(6-4-15)29(20,26)27/h3-6,8,10-13,18H,7,9H2,1-2H3,(H,21,25)(H2,20,26,27). The van der Waals surface area contributed by atoms with Gasteiger partial charge >= 0.3 is 0 Å². The predicted octanol–water partition coefficient (Wildman–Crippen LogP) is 2.21. The molecule has 154 valence electrons. The number of nitrogens with two attached hydrogens (primary N) is 1. The lowest BCUT2D eigenvalue weighted by Crippen LogP contribution is -2.36. The lowest BCUT2D eigenvalue weighted by molar-refractivity contribution is -0.125. The topological polar surface area (TPSA) is 120 Å². The summed E-state index contributed by atoms with van der Waals surface area (Å²) in [6, 6.07) is 7.60. The molecule has 10 heteroatoms. The van der Waals surface area contributed by atoms with Gasteiger partial charge in [0.25, 0.3) is 0 Å². The molecule has 3 aromatic rings. The van der Waals surface area contributed by atoms with Gasteiger partial charge in [0, 0.05) is 12.1 Å². The van der Waals surface area contributed by atoms with Crippen molar-refractivity contribution in [1.82, 2.24) is 20.3 Å². The van der Waals surface area contributed by atoms with Crippen molar-refractivity contribution in [2.75, 3.05) is 6.54 Å². The van der Waals surface area contributed by atoms with Crippen molar-refractivity contribution in [1.29, 1.82) is 0 Å². The molecule has 1 amide bonds. The molecule has 1 unspecified atom stereocenters. The monoisotopic (exact) mass is 433 g/mol. The van der Waals surface area contributed by atoms with Crippen molar-refractivity contribution in [2.45, 2.75) is 31.2 Å². The Morgan fingerprint density at radius 1 is 1.24 bits per heavy atom. The maximum Gasteiger partial charge on any atom is 0.245 e. The third-order valence-corrected chi connectivity index (χ3v) is 6.13. The Labute approximate surface area is 173 Å². The van der Waals surface area contributed by atoms with Crippen molar-refractivity contribution < 1.29 is 13.2 Å². The minimum absolute atomic E-state index is 0.00968. The smallest absolute Gasteiger partial charge is 0.245 e. The molecule has 2 heterocycles. The summed E-state index contributed by atoms with van der Waals surface area (Å²) in [5.74, 6) is -0.105. The first kappa shape index (κ1) is 21.2. The van der Waals surface area contributed by atoms with Crippen LogP contribution >= 0.6 is 11.3 Å². The Balaban J connectivity index is 1.72. The van der Waals surface area contributed by atoms with E-state index in [1.165, 1.54) is 17.7 Å². The number of hydrogen-bond donors (Lipinski definition) is 2. The summed E-state index contributed by atoms with van der Waals surface area (Å²) >= 11 is 1.63. The Hall–Kier alpha value is -2.56. The van der Waals surface area contributed by atoms with Gasteiger partial charge in [0.1, 0.15) is 11.7 Å². The largest absolute Gasteiger partial charge is 0.354 e. The zero-order chi connectivity index (χ0) is 21.0. The Morgan fingerprint density at radius 3 is 2.55 bits per heavy atom. The average molecular weight is 434 g/mol. The van der Waals surface area contributed by atoms with Crippen molar-refractivity contribution in [2.24, 2.45) is 11.1 Å². The zero-order valence-electron chi connectivity index (χ0n) is 16.1. The van der Waals surface area contributed by atoms with Crippen LogP contribution in [0, 0.1) is 5.92 Å². The molecule has 2 aromatic heterocycles. The molecule has 0 aliphatic heterocycles. The highest BCUT2D eigenvalue weighted by Gasteiger charge is 2.25. The molecule has 0 bridgehead atoms. The number of sulfonamides is 1. The van der Waals surface area contributed by atoms with Crippen LogP contribution in [0.5, 0.6) is 0 Å². The van der Waals surface area contributed by atoms with E-state index < -0.39 is 16.1 Å². The molecule has 0 spiro atoms. The van der Waals surface area contributed by atoms with Gasteiger partial charge in [0.2, 0.25) is 15.9 Å². The minimum Gasteiger partial charge on any atom is -0.354 e. The average Bonchev–Trinajstić information content (AvgIpc) is 3.33. The molecular weight excluding hydrogens is 410 g/mol. The fourth-order valence-corrected chi connectivity index (χ4v) is 4.18. The van der Waals surface area contributed by atoms with Crippen LogP contribution in [0.3, 0.4) is 0 Å². The number of nitrogens with one attached hydrogen (secondary N) is 1.